The van der Waals surface area contributed by atoms with Gasteiger partial charge in [0.15, 0.2) is 11.6 Å². The van der Waals surface area contributed by atoms with E-state index in [1.165, 1.54) is 6.07 Å². The monoisotopic (exact) mass is 449 g/mol. The molecule has 1 aliphatic rings. The van der Waals surface area contributed by atoms with Gasteiger partial charge in [-0.3, -0.25) is 4.72 Å². The number of rotatable bonds is 4. The van der Waals surface area contributed by atoms with Gasteiger partial charge in [0, 0.05) is 5.69 Å². The minimum absolute atomic E-state index is 0.110. The summed E-state index contributed by atoms with van der Waals surface area (Å²) in [6.07, 6.45) is 0.953. The van der Waals surface area contributed by atoms with Crippen molar-refractivity contribution in [1.29, 1.82) is 0 Å². The smallest absolute Gasteiger partial charge is 0.237 e. The van der Waals surface area contributed by atoms with Crippen molar-refractivity contribution in [1.82, 2.24) is 9.97 Å². The van der Waals surface area contributed by atoms with Gasteiger partial charge in [-0.25, -0.2) is 22.2 Å². The van der Waals surface area contributed by atoms with Gasteiger partial charge >= 0.3 is 0 Å². The standard InChI is InChI=1S/C17H13F2N5O2S.2C2H6/c18-12-6-10-9-27(25,26)24-14(10)7-15(12)22-16-13(19)8-20-17(23-16)21-11-4-2-1-3-5-11;2*1-2/h1-8,24H,9H2,(H2,20,21,22,23);2*1-2H3. The van der Waals surface area contributed by atoms with Crippen molar-refractivity contribution in [2.75, 3.05) is 15.4 Å². The first-order chi connectivity index (χ1) is 14.9. The van der Waals surface area contributed by atoms with Crippen LogP contribution in [0.4, 0.5) is 37.6 Å². The third kappa shape index (κ3) is 6.11. The molecule has 4 rings (SSSR count). The molecule has 3 aromatic rings. The number of aromatic nitrogens is 2. The molecule has 0 saturated carbocycles. The molecule has 0 amide bonds. The summed E-state index contributed by atoms with van der Waals surface area (Å²) in [5.74, 6) is -1.93. The molecule has 0 atom stereocenters. The Morgan fingerprint density at radius 1 is 0.968 bits per heavy atom. The van der Waals surface area contributed by atoms with Crippen LogP contribution in [0.1, 0.15) is 33.3 Å². The molecule has 1 aliphatic heterocycles. The Labute approximate surface area is 181 Å². The highest BCUT2D eigenvalue weighted by atomic mass is 32.2. The lowest BCUT2D eigenvalue weighted by atomic mass is 10.1. The highest BCUT2D eigenvalue weighted by molar-refractivity contribution is 7.92. The lowest BCUT2D eigenvalue weighted by Gasteiger charge is -2.11. The highest BCUT2D eigenvalue weighted by Crippen LogP contribution is 2.33. The van der Waals surface area contributed by atoms with Crippen LogP contribution in [0.25, 0.3) is 0 Å². The Morgan fingerprint density at radius 3 is 2.32 bits per heavy atom. The maximum Gasteiger partial charge on any atom is 0.237 e. The van der Waals surface area contributed by atoms with Gasteiger partial charge in [-0.05, 0) is 29.8 Å². The van der Waals surface area contributed by atoms with Gasteiger partial charge in [0.05, 0.1) is 23.3 Å². The predicted molar refractivity (Wildman–Crippen MR) is 120 cm³/mol. The molecular formula is C21H25F2N5O2S. The average Bonchev–Trinajstić information content (AvgIpc) is 3.07. The summed E-state index contributed by atoms with van der Waals surface area (Å²) < 4.78 is 53.9. The quantitative estimate of drug-likeness (QED) is 0.483. The van der Waals surface area contributed by atoms with Crippen molar-refractivity contribution < 1.29 is 17.2 Å². The van der Waals surface area contributed by atoms with Crippen molar-refractivity contribution in [3.05, 3.63) is 65.9 Å². The van der Waals surface area contributed by atoms with Crippen molar-refractivity contribution in [3.63, 3.8) is 0 Å². The van der Waals surface area contributed by atoms with E-state index in [9.17, 15) is 17.2 Å². The number of sulfonamides is 1. The molecule has 2 heterocycles. The Balaban J connectivity index is 0.000000807. The lowest BCUT2D eigenvalue weighted by molar-refractivity contribution is 0.602. The van der Waals surface area contributed by atoms with Crippen LogP contribution in [0.15, 0.2) is 48.7 Å². The molecule has 0 bridgehead atoms. The largest absolute Gasteiger partial charge is 0.335 e. The first kappa shape index (κ1) is 24.0. The van der Waals surface area contributed by atoms with E-state index < -0.39 is 21.7 Å². The van der Waals surface area contributed by atoms with Crippen LogP contribution in [0.2, 0.25) is 0 Å². The van der Waals surface area contributed by atoms with E-state index in [-0.39, 0.29) is 28.9 Å². The number of halogens is 2. The number of nitrogens with zero attached hydrogens (tertiary/aromatic N) is 2. The van der Waals surface area contributed by atoms with Crippen molar-refractivity contribution in [2.24, 2.45) is 0 Å². The van der Waals surface area contributed by atoms with E-state index >= 15 is 0 Å². The zero-order chi connectivity index (χ0) is 23.0. The van der Waals surface area contributed by atoms with E-state index in [2.05, 4.69) is 25.3 Å². The maximum absolute atomic E-state index is 14.3. The number of anilines is 5. The van der Waals surface area contributed by atoms with E-state index in [1.807, 2.05) is 45.9 Å². The molecule has 1 aromatic heterocycles. The molecule has 0 unspecified atom stereocenters. The molecule has 0 aliphatic carbocycles. The van der Waals surface area contributed by atoms with Crippen LogP contribution in [0, 0.1) is 11.6 Å². The van der Waals surface area contributed by atoms with Gasteiger partial charge in [-0.2, -0.15) is 4.98 Å². The summed E-state index contributed by atoms with van der Waals surface area (Å²) in [7, 11) is -3.52. The number of benzene rings is 2. The first-order valence-corrected chi connectivity index (χ1v) is 11.5. The highest BCUT2D eigenvalue weighted by Gasteiger charge is 2.25. The van der Waals surface area contributed by atoms with Gasteiger partial charge in [-0.1, -0.05) is 45.9 Å². The molecule has 0 radical (unpaired) electrons. The summed E-state index contributed by atoms with van der Waals surface area (Å²) in [6, 6.07) is 11.4. The van der Waals surface area contributed by atoms with E-state index in [0.717, 1.165) is 12.3 Å². The second-order valence-corrected chi connectivity index (χ2v) is 7.58. The van der Waals surface area contributed by atoms with Gasteiger partial charge in [0.2, 0.25) is 16.0 Å². The third-order valence-electron chi connectivity index (χ3n) is 3.83. The number of nitrogens with one attached hydrogen (secondary N) is 3. The van der Waals surface area contributed by atoms with Crippen LogP contribution in [-0.4, -0.2) is 18.4 Å². The number of hydrogen-bond acceptors (Lipinski definition) is 6. The minimum Gasteiger partial charge on any atom is -0.335 e. The van der Waals surface area contributed by atoms with E-state index in [0.29, 0.717) is 11.3 Å². The zero-order valence-corrected chi connectivity index (χ0v) is 18.5. The Kier molecular flexibility index (Phi) is 8.26. The fourth-order valence-electron chi connectivity index (χ4n) is 2.63. The molecule has 7 nitrogen and oxygen atoms in total. The summed E-state index contributed by atoms with van der Waals surface area (Å²) in [5, 5.41) is 5.46. The maximum atomic E-state index is 14.3. The molecule has 0 fully saturated rings. The summed E-state index contributed by atoms with van der Waals surface area (Å²) in [5.41, 5.74) is 1.15. The van der Waals surface area contributed by atoms with Crippen LogP contribution in [0.3, 0.4) is 0 Å². The van der Waals surface area contributed by atoms with Gasteiger partial charge in [-0.15, -0.1) is 0 Å². The minimum atomic E-state index is -3.52. The number of hydrogen-bond donors (Lipinski definition) is 3. The average molecular weight is 450 g/mol. The zero-order valence-electron chi connectivity index (χ0n) is 17.7. The molecule has 166 valence electrons. The molecule has 0 saturated heterocycles. The van der Waals surface area contributed by atoms with Crippen molar-refractivity contribution >= 4 is 38.9 Å². The molecule has 2 aromatic carbocycles. The Morgan fingerprint density at radius 2 is 1.65 bits per heavy atom. The summed E-state index contributed by atoms with van der Waals surface area (Å²) in [6.45, 7) is 8.00. The van der Waals surface area contributed by atoms with Crippen molar-refractivity contribution in [3.8, 4) is 0 Å². The Bertz CT molecular complexity index is 1130. The molecule has 10 heteroatoms. The van der Waals surface area contributed by atoms with Gasteiger partial charge in [0.25, 0.3) is 0 Å². The van der Waals surface area contributed by atoms with Crippen LogP contribution in [0.5, 0.6) is 0 Å². The van der Waals surface area contributed by atoms with Gasteiger partial charge < -0.3 is 10.6 Å². The number of para-hydroxylation sites is 1. The molecule has 31 heavy (non-hydrogen) atoms. The lowest BCUT2D eigenvalue weighted by Crippen LogP contribution is -2.06. The summed E-state index contributed by atoms with van der Waals surface area (Å²) >= 11 is 0. The second-order valence-electron chi connectivity index (χ2n) is 5.86. The fraction of sp³-hybridized carbons (Fsp3) is 0.238. The van der Waals surface area contributed by atoms with Crippen molar-refractivity contribution in [2.45, 2.75) is 33.4 Å². The molecule has 3 N–H and O–H groups in total. The first-order valence-electron chi connectivity index (χ1n) is 9.84. The normalized spacial score (nSPS) is 12.8. The van der Waals surface area contributed by atoms with Gasteiger partial charge in [0.1, 0.15) is 5.82 Å². The summed E-state index contributed by atoms with van der Waals surface area (Å²) in [4.78, 5) is 7.86. The third-order valence-corrected chi connectivity index (χ3v) is 5.05. The van der Waals surface area contributed by atoms with E-state index in [1.54, 1.807) is 12.1 Å². The van der Waals surface area contributed by atoms with Crippen LogP contribution >= 0.6 is 0 Å². The number of fused-ring (bicyclic) bond motifs is 1. The Hall–Kier alpha value is -3.27. The second kappa shape index (κ2) is 10.7. The predicted octanol–water partition coefficient (Wildman–Crippen LogP) is 5.55. The molecule has 0 spiro atoms. The van der Waals surface area contributed by atoms with Crippen LogP contribution in [-0.2, 0) is 15.8 Å². The van der Waals surface area contributed by atoms with Crippen LogP contribution < -0.4 is 15.4 Å². The SMILES string of the molecule is CC.CC.O=S1(=O)Cc2cc(F)c(Nc3nc(Nc4ccccc4)ncc3F)cc2N1. The fourth-order valence-corrected chi connectivity index (χ4v) is 3.87. The molecular weight excluding hydrogens is 424 g/mol. The van der Waals surface area contributed by atoms with E-state index in [4.69, 9.17) is 0 Å². The topological polar surface area (TPSA) is 96.0 Å².